The molecule has 88 valence electrons. The quantitative estimate of drug-likeness (QED) is 0.667. The van der Waals surface area contributed by atoms with Crippen molar-refractivity contribution in [2.45, 2.75) is 32.7 Å². The zero-order chi connectivity index (χ0) is 10.7. The maximum absolute atomic E-state index is 3.55. The van der Waals surface area contributed by atoms with E-state index in [1.54, 1.807) is 0 Å². The van der Waals surface area contributed by atoms with Crippen LogP contribution in [0.15, 0.2) is 0 Å². The van der Waals surface area contributed by atoms with Crippen LogP contribution in [0, 0.1) is 5.41 Å². The predicted octanol–water partition coefficient (Wildman–Crippen LogP) is 0.670. The first-order valence-corrected chi connectivity index (χ1v) is 6.33. The molecular formula is C12H25N3. The predicted molar refractivity (Wildman–Crippen MR) is 64.1 cm³/mol. The van der Waals surface area contributed by atoms with Crippen molar-refractivity contribution in [2.75, 3.05) is 39.3 Å². The van der Waals surface area contributed by atoms with Crippen molar-refractivity contribution in [1.82, 2.24) is 15.5 Å². The van der Waals surface area contributed by atoms with E-state index in [0.717, 1.165) is 19.1 Å². The molecule has 2 aliphatic rings. The van der Waals surface area contributed by atoms with Gasteiger partial charge >= 0.3 is 0 Å². The molecule has 0 aliphatic carbocycles. The Morgan fingerprint density at radius 3 is 2.53 bits per heavy atom. The fraction of sp³-hybridized carbons (Fsp3) is 1.00. The average Bonchev–Trinajstić information content (AvgIpc) is 2.41. The Labute approximate surface area is 93.6 Å². The van der Waals surface area contributed by atoms with Gasteiger partial charge in [-0.2, -0.15) is 0 Å². The molecule has 0 amide bonds. The van der Waals surface area contributed by atoms with Gasteiger partial charge in [-0.3, -0.25) is 4.90 Å². The van der Waals surface area contributed by atoms with Gasteiger partial charge in [0.05, 0.1) is 0 Å². The third-order valence-corrected chi connectivity index (χ3v) is 3.64. The van der Waals surface area contributed by atoms with Gasteiger partial charge in [0.15, 0.2) is 0 Å². The lowest BCUT2D eigenvalue weighted by molar-refractivity contribution is 0.128. The van der Waals surface area contributed by atoms with Crippen molar-refractivity contribution in [3.8, 4) is 0 Å². The van der Waals surface area contributed by atoms with Crippen LogP contribution in [0.25, 0.3) is 0 Å². The number of piperidine rings is 1. The first-order chi connectivity index (χ1) is 7.17. The molecule has 3 heteroatoms. The lowest BCUT2D eigenvalue weighted by Crippen LogP contribution is -2.46. The molecule has 0 spiro atoms. The Bertz CT molecular complexity index is 197. The highest BCUT2D eigenvalue weighted by Crippen LogP contribution is 2.22. The minimum absolute atomic E-state index is 0.432. The Kier molecular flexibility index (Phi) is 3.65. The molecule has 0 saturated carbocycles. The van der Waals surface area contributed by atoms with Crippen LogP contribution in [0.1, 0.15) is 26.7 Å². The Morgan fingerprint density at radius 2 is 1.80 bits per heavy atom. The molecule has 0 aromatic carbocycles. The van der Waals surface area contributed by atoms with Gasteiger partial charge in [0, 0.05) is 32.2 Å². The second-order valence-electron chi connectivity index (χ2n) is 5.79. The van der Waals surface area contributed by atoms with Crippen molar-refractivity contribution in [3.63, 3.8) is 0 Å². The molecule has 0 unspecified atom stereocenters. The van der Waals surface area contributed by atoms with E-state index in [1.165, 1.54) is 39.0 Å². The highest BCUT2D eigenvalue weighted by Gasteiger charge is 2.29. The molecule has 0 bridgehead atoms. The normalized spacial score (nSPS) is 30.0. The van der Waals surface area contributed by atoms with Crippen LogP contribution in [0.3, 0.4) is 0 Å². The van der Waals surface area contributed by atoms with Gasteiger partial charge in [-0.25, -0.2) is 0 Å². The van der Waals surface area contributed by atoms with Gasteiger partial charge in [-0.05, 0) is 31.3 Å². The molecule has 0 atom stereocenters. The van der Waals surface area contributed by atoms with E-state index >= 15 is 0 Å². The minimum Gasteiger partial charge on any atom is -0.317 e. The van der Waals surface area contributed by atoms with Crippen molar-refractivity contribution in [3.05, 3.63) is 0 Å². The van der Waals surface area contributed by atoms with Crippen LogP contribution >= 0.6 is 0 Å². The zero-order valence-electron chi connectivity index (χ0n) is 10.2. The number of rotatable bonds is 1. The summed E-state index contributed by atoms with van der Waals surface area (Å²) in [4.78, 5) is 2.71. The molecular weight excluding hydrogens is 186 g/mol. The molecule has 0 aromatic rings. The van der Waals surface area contributed by atoms with Gasteiger partial charge in [0.25, 0.3) is 0 Å². The molecule has 2 fully saturated rings. The average molecular weight is 211 g/mol. The topological polar surface area (TPSA) is 27.3 Å². The molecule has 2 N–H and O–H groups in total. The zero-order valence-corrected chi connectivity index (χ0v) is 10.2. The van der Waals surface area contributed by atoms with Gasteiger partial charge in [-0.15, -0.1) is 0 Å². The first-order valence-electron chi connectivity index (χ1n) is 6.33. The summed E-state index contributed by atoms with van der Waals surface area (Å²) in [6.45, 7) is 12.0. The third kappa shape index (κ3) is 3.16. The SMILES string of the molecule is CC1(C)CNCCN(C2CCNCC2)C1. The van der Waals surface area contributed by atoms with Crippen LogP contribution in [0.2, 0.25) is 0 Å². The van der Waals surface area contributed by atoms with E-state index in [-0.39, 0.29) is 0 Å². The van der Waals surface area contributed by atoms with Crippen LogP contribution in [-0.4, -0.2) is 50.2 Å². The van der Waals surface area contributed by atoms with Crippen LogP contribution in [-0.2, 0) is 0 Å². The maximum Gasteiger partial charge on any atom is 0.0120 e. The van der Waals surface area contributed by atoms with Gasteiger partial charge in [0.1, 0.15) is 0 Å². The fourth-order valence-electron chi connectivity index (χ4n) is 2.82. The van der Waals surface area contributed by atoms with Gasteiger partial charge in [0.2, 0.25) is 0 Å². The highest BCUT2D eigenvalue weighted by molar-refractivity contribution is 4.86. The highest BCUT2D eigenvalue weighted by atomic mass is 15.2. The molecule has 2 rings (SSSR count). The number of hydrogen-bond donors (Lipinski definition) is 2. The second-order valence-corrected chi connectivity index (χ2v) is 5.79. The van der Waals surface area contributed by atoms with Crippen LogP contribution < -0.4 is 10.6 Å². The van der Waals surface area contributed by atoms with Gasteiger partial charge in [-0.1, -0.05) is 13.8 Å². The minimum atomic E-state index is 0.432. The lowest BCUT2D eigenvalue weighted by Gasteiger charge is -2.37. The fourth-order valence-corrected chi connectivity index (χ4v) is 2.82. The molecule has 3 nitrogen and oxygen atoms in total. The summed E-state index contributed by atoms with van der Waals surface area (Å²) in [7, 11) is 0. The van der Waals surface area contributed by atoms with Crippen molar-refractivity contribution < 1.29 is 0 Å². The molecule has 15 heavy (non-hydrogen) atoms. The maximum atomic E-state index is 3.55. The van der Waals surface area contributed by atoms with E-state index in [1.807, 2.05) is 0 Å². The standard InChI is InChI=1S/C12H25N3/c1-12(2)9-14-7-8-15(10-12)11-3-5-13-6-4-11/h11,13-14H,3-10H2,1-2H3. The summed E-state index contributed by atoms with van der Waals surface area (Å²) in [6, 6.07) is 0.824. The van der Waals surface area contributed by atoms with E-state index < -0.39 is 0 Å². The second kappa shape index (κ2) is 4.81. The summed E-state index contributed by atoms with van der Waals surface area (Å²) < 4.78 is 0. The molecule has 2 heterocycles. The first kappa shape index (κ1) is 11.4. The molecule has 2 saturated heterocycles. The van der Waals surface area contributed by atoms with Crippen LogP contribution in [0.5, 0.6) is 0 Å². The summed E-state index contributed by atoms with van der Waals surface area (Å²) in [6.07, 6.45) is 2.66. The summed E-state index contributed by atoms with van der Waals surface area (Å²) >= 11 is 0. The Morgan fingerprint density at radius 1 is 1.07 bits per heavy atom. The van der Waals surface area contributed by atoms with Crippen molar-refractivity contribution in [1.29, 1.82) is 0 Å². The smallest absolute Gasteiger partial charge is 0.0120 e. The van der Waals surface area contributed by atoms with E-state index in [2.05, 4.69) is 29.4 Å². The molecule has 2 aliphatic heterocycles. The molecule has 0 aromatic heterocycles. The monoisotopic (exact) mass is 211 g/mol. The largest absolute Gasteiger partial charge is 0.317 e. The Hall–Kier alpha value is -0.120. The third-order valence-electron chi connectivity index (χ3n) is 3.64. The number of nitrogens with zero attached hydrogens (tertiary/aromatic N) is 1. The van der Waals surface area contributed by atoms with Crippen LogP contribution in [0.4, 0.5) is 0 Å². The summed E-state index contributed by atoms with van der Waals surface area (Å²) in [5, 5.41) is 7.00. The van der Waals surface area contributed by atoms with Gasteiger partial charge < -0.3 is 10.6 Å². The number of hydrogen-bond acceptors (Lipinski definition) is 3. The van der Waals surface area contributed by atoms with Crippen molar-refractivity contribution in [2.24, 2.45) is 5.41 Å². The molecule has 0 radical (unpaired) electrons. The van der Waals surface area contributed by atoms with Crippen molar-refractivity contribution >= 4 is 0 Å². The Balaban J connectivity index is 1.94. The van der Waals surface area contributed by atoms with E-state index in [0.29, 0.717) is 5.41 Å². The van der Waals surface area contributed by atoms with E-state index in [9.17, 15) is 0 Å². The number of nitrogens with one attached hydrogen (secondary N) is 2. The summed E-state index contributed by atoms with van der Waals surface area (Å²) in [5.74, 6) is 0. The summed E-state index contributed by atoms with van der Waals surface area (Å²) in [5.41, 5.74) is 0.432. The van der Waals surface area contributed by atoms with E-state index in [4.69, 9.17) is 0 Å². The lowest BCUT2D eigenvalue weighted by atomic mass is 9.92.